The molecular formula is C12H16N4O3. The number of primary amides is 1. The highest BCUT2D eigenvalue weighted by atomic mass is 16.2. The molecule has 0 unspecified atom stereocenters. The van der Waals surface area contributed by atoms with E-state index in [4.69, 9.17) is 11.5 Å². The minimum Gasteiger partial charge on any atom is -0.399 e. The van der Waals surface area contributed by atoms with Gasteiger partial charge >= 0.3 is 0 Å². The van der Waals surface area contributed by atoms with Gasteiger partial charge in [-0.1, -0.05) is 0 Å². The average molecular weight is 264 g/mol. The van der Waals surface area contributed by atoms with Gasteiger partial charge in [0.1, 0.15) is 0 Å². The summed E-state index contributed by atoms with van der Waals surface area (Å²) in [6.45, 7) is -0.00607. The fourth-order valence-electron chi connectivity index (χ4n) is 1.28. The third-order valence-corrected chi connectivity index (χ3v) is 2.28. The van der Waals surface area contributed by atoms with Crippen molar-refractivity contribution in [2.75, 3.05) is 18.8 Å². The van der Waals surface area contributed by atoms with Crippen LogP contribution in [0.1, 0.15) is 16.8 Å². The van der Waals surface area contributed by atoms with Crippen molar-refractivity contribution in [3.8, 4) is 0 Å². The van der Waals surface area contributed by atoms with E-state index >= 15 is 0 Å². The lowest BCUT2D eigenvalue weighted by atomic mass is 10.2. The number of hydrogen-bond acceptors (Lipinski definition) is 4. The van der Waals surface area contributed by atoms with Gasteiger partial charge in [0.2, 0.25) is 11.8 Å². The van der Waals surface area contributed by atoms with Gasteiger partial charge in [0, 0.05) is 24.2 Å². The first kappa shape index (κ1) is 14.5. The fourth-order valence-corrected chi connectivity index (χ4v) is 1.28. The van der Waals surface area contributed by atoms with Crippen LogP contribution in [0.15, 0.2) is 24.3 Å². The minimum absolute atomic E-state index is 0.0671. The highest BCUT2D eigenvalue weighted by Crippen LogP contribution is 2.04. The highest BCUT2D eigenvalue weighted by molar-refractivity contribution is 5.96. The minimum atomic E-state index is -0.494. The smallest absolute Gasteiger partial charge is 0.251 e. The Labute approximate surface area is 110 Å². The molecule has 0 bridgehead atoms. The summed E-state index contributed by atoms with van der Waals surface area (Å²) in [5.74, 6) is -1.25. The van der Waals surface area contributed by atoms with Crippen LogP contribution < -0.4 is 22.1 Å². The molecule has 3 amide bonds. The Morgan fingerprint density at radius 3 is 2.26 bits per heavy atom. The van der Waals surface area contributed by atoms with E-state index in [9.17, 15) is 14.4 Å². The Balaban J connectivity index is 2.31. The number of rotatable bonds is 6. The van der Waals surface area contributed by atoms with Crippen LogP contribution in [0.5, 0.6) is 0 Å². The second-order valence-electron chi connectivity index (χ2n) is 3.87. The van der Waals surface area contributed by atoms with E-state index in [1.54, 1.807) is 24.3 Å². The molecular weight excluding hydrogens is 248 g/mol. The molecule has 19 heavy (non-hydrogen) atoms. The summed E-state index contributed by atoms with van der Waals surface area (Å²) >= 11 is 0. The van der Waals surface area contributed by atoms with E-state index in [2.05, 4.69) is 10.6 Å². The maximum Gasteiger partial charge on any atom is 0.251 e. The molecule has 6 N–H and O–H groups in total. The molecule has 0 saturated heterocycles. The summed E-state index contributed by atoms with van der Waals surface area (Å²) in [7, 11) is 0. The third kappa shape index (κ3) is 5.53. The number of carbonyl (C=O) groups excluding carboxylic acids is 3. The third-order valence-electron chi connectivity index (χ3n) is 2.28. The van der Waals surface area contributed by atoms with Gasteiger partial charge in [-0.2, -0.15) is 0 Å². The molecule has 1 aromatic rings. The summed E-state index contributed by atoms with van der Waals surface area (Å²) in [5.41, 5.74) is 11.4. The van der Waals surface area contributed by atoms with Crippen molar-refractivity contribution in [3.05, 3.63) is 29.8 Å². The quantitative estimate of drug-likeness (QED) is 0.491. The number of amides is 3. The first-order valence-electron chi connectivity index (χ1n) is 5.68. The van der Waals surface area contributed by atoms with Gasteiger partial charge < -0.3 is 22.1 Å². The largest absolute Gasteiger partial charge is 0.399 e. The first-order valence-corrected chi connectivity index (χ1v) is 5.68. The van der Waals surface area contributed by atoms with Crippen LogP contribution in [0.4, 0.5) is 5.69 Å². The molecule has 0 aliphatic carbocycles. The molecule has 7 heteroatoms. The number of anilines is 1. The highest BCUT2D eigenvalue weighted by Gasteiger charge is 2.07. The molecule has 1 rings (SSSR count). The van der Waals surface area contributed by atoms with E-state index in [0.717, 1.165) is 0 Å². The van der Waals surface area contributed by atoms with Crippen molar-refractivity contribution in [2.24, 2.45) is 5.73 Å². The zero-order valence-electron chi connectivity index (χ0n) is 10.3. The van der Waals surface area contributed by atoms with Gasteiger partial charge in [-0.05, 0) is 24.3 Å². The molecule has 0 saturated carbocycles. The van der Waals surface area contributed by atoms with Crippen molar-refractivity contribution in [2.45, 2.75) is 6.42 Å². The van der Waals surface area contributed by atoms with Gasteiger partial charge in [-0.25, -0.2) is 0 Å². The molecule has 0 atom stereocenters. The summed E-state index contributed by atoms with van der Waals surface area (Å²) in [4.78, 5) is 33.4. The van der Waals surface area contributed by atoms with Crippen LogP contribution in [0.3, 0.4) is 0 Å². The second kappa shape index (κ2) is 7.00. The van der Waals surface area contributed by atoms with Crippen molar-refractivity contribution in [3.63, 3.8) is 0 Å². The summed E-state index contributed by atoms with van der Waals surface area (Å²) in [5, 5.41) is 4.90. The molecule has 0 radical (unpaired) electrons. The van der Waals surface area contributed by atoms with Crippen molar-refractivity contribution < 1.29 is 14.4 Å². The lowest BCUT2D eigenvalue weighted by Gasteiger charge is -2.06. The topological polar surface area (TPSA) is 127 Å². The molecule has 0 aliphatic rings. The van der Waals surface area contributed by atoms with E-state index in [0.29, 0.717) is 11.3 Å². The van der Waals surface area contributed by atoms with Crippen LogP contribution >= 0.6 is 0 Å². The van der Waals surface area contributed by atoms with Crippen LogP contribution in [-0.2, 0) is 9.59 Å². The SMILES string of the molecule is NC(=O)CCNC(=O)CNC(=O)c1ccc(N)cc1. The molecule has 0 aliphatic heterocycles. The molecule has 7 nitrogen and oxygen atoms in total. The van der Waals surface area contributed by atoms with E-state index < -0.39 is 5.91 Å². The first-order chi connectivity index (χ1) is 8.99. The fraction of sp³-hybridized carbons (Fsp3) is 0.250. The lowest BCUT2D eigenvalue weighted by molar-refractivity contribution is -0.120. The van der Waals surface area contributed by atoms with Gasteiger partial charge in [-0.15, -0.1) is 0 Å². The van der Waals surface area contributed by atoms with Crippen molar-refractivity contribution in [1.29, 1.82) is 0 Å². The monoisotopic (exact) mass is 264 g/mol. The predicted octanol–water partition coefficient (Wildman–Crippen LogP) is -1.01. The molecule has 0 fully saturated rings. The van der Waals surface area contributed by atoms with Crippen LogP contribution in [0, 0.1) is 0 Å². The molecule has 0 spiro atoms. The van der Waals surface area contributed by atoms with Gasteiger partial charge in [0.05, 0.1) is 6.54 Å². The molecule has 102 valence electrons. The van der Waals surface area contributed by atoms with E-state index in [-0.39, 0.29) is 31.3 Å². The van der Waals surface area contributed by atoms with E-state index in [1.807, 2.05) is 0 Å². The molecule has 0 heterocycles. The molecule has 1 aromatic carbocycles. The van der Waals surface area contributed by atoms with Crippen LogP contribution in [0.25, 0.3) is 0 Å². The Morgan fingerprint density at radius 2 is 1.68 bits per heavy atom. The number of hydrogen-bond donors (Lipinski definition) is 4. The van der Waals surface area contributed by atoms with Crippen LogP contribution in [-0.4, -0.2) is 30.8 Å². The number of nitrogen functional groups attached to an aromatic ring is 1. The lowest BCUT2D eigenvalue weighted by Crippen LogP contribution is -2.38. The van der Waals surface area contributed by atoms with Gasteiger partial charge in [0.25, 0.3) is 5.91 Å². The second-order valence-corrected chi connectivity index (χ2v) is 3.87. The Kier molecular flexibility index (Phi) is 5.34. The normalized spacial score (nSPS) is 9.68. The molecule has 0 aromatic heterocycles. The Morgan fingerprint density at radius 1 is 1.05 bits per heavy atom. The van der Waals surface area contributed by atoms with Crippen molar-refractivity contribution >= 4 is 23.4 Å². The Hall–Kier alpha value is -2.57. The predicted molar refractivity (Wildman–Crippen MR) is 70.0 cm³/mol. The van der Waals surface area contributed by atoms with E-state index in [1.165, 1.54) is 0 Å². The average Bonchev–Trinajstić information content (AvgIpc) is 2.36. The van der Waals surface area contributed by atoms with Crippen molar-refractivity contribution in [1.82, 2.24) is 10.6 Å². The zero-order chi connectivity index (χ0) is 14.3. The number of benzene rings is 1. The summed E-state index contributed by atoms with van der Waals surface area (Å²) < 4.78 is 0. The standard InChI is InChI=1S/C12H16N4O3/c13-9-3-1-8(2-4-9)12(19)16-7-11(18)15-6-5-10(14)17/h1-4H,5-7,13H2,(H2,14,17)(H,15,18)(H,16,19). The van der Waals surface area contributed by atoms with Gasteiger partial charge in [-0.3, -0.25) is 14.4 Å². The summed E-state index contributed by atoms with van der Waals surface area (Å²) in [6, 6.07) is 6.33. The maximum atomic E-state index is 11.6. The Bertz CT molecular complexity index is 470. The zero-order valence-corrected chi connectivity index (χ0v) is 10.3. The maximum absolute atomic E-state index is 11.6. The van der Waals surface area contributed by atoms with Crippen LogP contribution in [0.2, 0.25) is 0 Å². The number of carbonyl (C=O) groups is 3. The van der Waals surface area contributed by atoms with Gasteiger partial charge in [0.15, 0.2) is 0 Å². The summed E-state index contributed by atoms with van der Waals surface area (Å²) in [6.07, 6.45) is 0.0671. The number of nitrogens with one attached hydrogen (secondary N) is 2. The number of nitrogens with two attached hydrogens (primary N) is 2.